The van der Waals surface area contributed by atoms with Crippen LogP contribution in [0.1, 0.15) is 5.82 Å². The van der Waals surface area contributed by atoms with Crippen molar-refractivity contribution in [2.24, 2.45) is 0 Å². The molecule has 0 bridgehead atoms. The van der Waals surface area contributed by atoms with E-state index in [1.165, 1.54) is 5.69 Å². The minimum Gasteiger partial charge on any atom is -0.497 e. The lowest BCUT2D eigenvalue weighted by atomic mass is 10.2. The highest BCUT2D eigenvalue weighted by Crippen LogP contribution is 2.28. The predicted molar refractivity (Wildman–Crippen MR) is 127 cm³/mol. The zero-order valence-corrected chi connectivity index (χ0v) is 19.0. The first-order valence-corrected chi connectivity index (χ1v) is 11.3. The number of halogens is 2. The lowest BCUT2D eigenvalue weighted by Gasteiger charge is -2.37. The van der Waals surface area contributed by atoms with Gasteiger partial charge in [0.05, 0.1) is 33.9 Å². The average Bonchev–Trinajstić information content (AvgIpc) is 3.14. The Balaban J connectivity index is 1.30. The van der Waals surface area contributed by atoms with Gasteiger partial charge in [0.25, 0.3) is 0 Å². The molecule has 1 aliphatic heterocycles. The molecular weight excluding hydrogens is 447 g/mol. The lowest BCUT2D eigenvalue weighted by molar-refractivity contribution is 0.397. The van der Waals surface area contributed by atoms with Crippen molar-refractivity contribution < 1.29 is 4.74 Å². The van der Waals surface area contributed by atoms with E-state index in [4.69, 9.17) is 40.2 Å². The summed E-state index contributed by atoms with van der Waals surface area (Å²) in [4.78, 5) is 12.5. The van der Waals surface area contributed by atoms with E-state index in [0.717, 1.165) is 53.1 Å². The molecular formula is C20H20Cl2N4OS2. The van der Waals surface area contributed by atoms with Crippen molar-refractivity contribution in [1.29, 1.82) is 0 Å². The minimum absolute atomic E-state index is 0.509. The van der Waals surface area contributed by atoms with Gasteiger partial charge in [-0.15, -0.1) is 0 Å². The molecule has 5 nitrogen and oxygen atoms in total. The average molecular weight is 467 g/mol. The van der Waals surface area contributed by atoms with Gasteiger partial charge in [0.2, 0.25) is 0 Å². The van der Waals surface area contributed by atoms with Gasteiger partial charge < -0.3 is 19.5 Å². The molecule has 1 saturated heterocycles. The zero-order valence-electron chi connectivity index (χ0n) is 15.8. The van der Waals surface area contributed by atoms with Crippen molar-refractivity contribution in [2.45, 2.75) is 5.75 Å². The van der Waals surface area contributed by atoms with Gasteiger partial charge in [-0.05, 0) is 36.4 Å². The van der Waals surface area contributed by atoms with Gasteiger partial charge in [0.1, 0.15) is 15.9 Å². The van der Waals surface area contributed by atoms with Gasteiger partial charge in [-0.25, -0.2) is 4.98 Å². The Morgan fingerprint density at radius 1 is 1.14 bits per heavy atom. The summed E-state index contributed by atoms with van der Waals surface area (Å²) in [6.45, 7) is 3.69. The molecule has 1 fully saturated rings. The second-order valence-corrected chi connectivity index (χ2v) is 9.12. The van der Waals surface area contributed by atoms with E-state index in [0.29, 0.717) is 15.8 Å². The van der Waals surface area contributed by atoms with Crippen molar-refractivity contribution in [2.75, 3.05) is 38.2 Å². The number of piperazine rings is 1. The third kappa shape index (κ3) is 4.74. The van der Waals surface area contributed by atoms with Crippen molar-refractivity contribution in [3.05, 3.63) is 52.3 Å². The summed E-state index contributed by atoms with van der Waals surface area (Å²) in [5, 5.41) is 1.03. The predicted octanol–water partition coefficient (Wildman–Crippen LogP) is 5.22. The van der Waals surface area contributed by atoms with Crippen LogP contribution in [-0.2, 0) is 5.75 Å². The van der Waals surface area contributed by atoms with E-state index >= 15 is 0 Å². The van der Waals surface area contributed by atoms with Gasteiger partial charge in [-0.1, -0.05) is 47.2 Å². The molecule has 0 radical (unpaired) electrons. The van der Waals surface area contributed by atoms with E-state index in [2.05, 4.69) is 31.9 Å². The molecule has 4 rings (SSSR count). The van der Waals surface area contributed by atoms with E-state index in [1.807, 2.05) is 12.1 Å². The topological polar surface area (TPSA) is 44.4 Å². The van der Waals surface area contributed by atoms with Gasteiger partial charge in [-0.2, -0.15) is 0 Å². The first kappa shape index (κ1) is 20.6. The van der Waals surface area contributed by atoms with Crippen LogP contribution >= 0.6 is 47.2 Å². The summed E-state index contributed by atoms with van der Waals surface area (Å²) >= 11 is 19.4. The summed E-state index contributed by atoms with van der Waals surface area (Å²) in [7, 11) is 1.68. The molecule has 0 unspecified atom stereocenters. The Morgan fingerprint density at radius 3 is 2.52 bits per heavy atom. The maximum atomic E-state index is 6.07. The summed E-state index contributed by atoms with van der Waals surface area (Å²) < 4.78 is 6.13. The highest BCUT2D eigenvalue weighted by molar-refractivity contribution is 8.22. The highest BCUT2D eigenvalue weighted by atomic mass is 35.5. The first-order chi connectivity index (χ1) is 14.0. The second-order valence-electron chi connectivity index (χ2n) is 6.69. The molecule has 0 aliphatic carbocycles. The Morgan fingerprint density at radius 2 is 1.83 bits per heavy atom. The molecule has 29 heavy (non-hydrogen) atoms. The van der Waals surface area contributed by atoms with Crippen molar-refractivity contribution >= 4 is 68.2 Å². The van der Waals surface area contributed by atoms with Crippen molar-refractivity contribution in [1.82, 2.24) is 14.9 Å². The van der Waals surface area contributed by atoms with Gasteiger partial charge in [0.15, 0.2) is 0 Å². The largest absolute Gasteiger partial charge is 0.497 e. The number of aromatic amines is 1. The number of hydrogen-bond acceptors (Lipinski definition) is 5. The van der Waals surface area contributed by atoms with Gasteiger partial charge in [0, 0.05) is 31.9 Å². The number of imidazole rings is 1. The number of thiocarbonyl (C=S) groups is 1. The fourth-order valence-electron chi connectivity index (χ4n) is 3.29. The molecule has 1 aromatic heterocycles. The molecule has 0 saturated carbocycles. The minimum atomic E-state index is 0.509. The number of thioether (sulfide) groups is 1. The van der Waals surface area contributed by atoms with Crippen molar-refractivity contribution in [3.8, 4) is 5.75 Å². The Kier molecular flexibility index (Phi) is 6.39. The van der Waals surface area contributed by atoms with Crippen LogP contribution in [0.25, 0.3) is 11.0 Å². The van der Waals surface area contributed by atoms with Crippen LogP contribution in [0.5, 0.6) is 5.75 Å². The number of H-pyrrole nitrogens is 1. The molecule has 1 N–H and O–H groups in total. The van der Waals surface area contributed by atoms with E-state index < -0.39 is 0 Å². The van der Waals surface area contributed by atoms with Crippen LogP contribution in [0.2, 0.25) is 10.0 Å². The van der Waals surface area contributed by atoms with Crippen LogP contribution in [0.3, 0.4) is 0 Å². The Hall–Kier alpha value is -1.67. The number of rotatable bonds is 4. The molecule has 0 spiro atoms. The van der Waals surface area contributed by atoms with E-state index in [1.54, 1.807) is 31.0 Å². The SMILES string of the molecule is COc1ccc(N2CCN(C(=S)SCc3nc4cc(Cl)c(Cl)cc4[nH]3)CC2)cc1. The quantitative estimate of drug-likeness (QED) is 0.531. The normalized spacial score (nSPS) is 14.4. The molecule has 152 valence electrons. The van der Waals surface area contributed by atoms with Crippen LogP contribution in [0.15, 0.2) is 36.4 Å². The lowest BCUT2D eigenvalue weighted by Crippen LogP contribution is -2.47. The number of fused-ring (bicyclic) bond motifs is 1. The molecule has 0 amide bonds. The first-order valence-electron chi connectivity index (χ1n) is 9.18. The summed E-state index contributed by atoms with van der Waals surface area (Å²) in [6.07, 6.45) is 0. The number of ether oxygens (including phenoxy) is 1. The third-order valence-corrected chi connectivity index (χ3v) is 7.14. The van der Waals surface area contributed by atoms with Crippen LogP contribution in [0.4, 0.5) is 5.69 Å². The smallest absolute Gasteiger partial charge is 0.136 e. The molecule has 1 aliphatic rings. The molecule has 9 heteroatoms. The third-order valence-electron chi connectivity index (χ3n) is 4.88. The summed E-state index contributed by atoms with van der Waals surface area (Å²) in [5.41, 5.74) is 2.91. The van der Waals surface area contributed by atoms with Gasteiger partial charge >= 0.3 is 0 Å². The van der Waals surface area contributed by atoms with Crippen LogP contribution in [-0.4, -0.2) is 52.5 Å². The fraction of sp³-hybridized carbons (Fsp3) is 0.300. The second kappa shape index (κ2) is 9.00. The van der Waals surface area contributed by atoms with Crippen LogP contribution in [0, 0.1) is 0 Å². The Labute approximate surface area is 189 Å². The fourth-order valence-corrected chi connectivity index (χ4v) is 4.73. The highest BCUT2D eigenvalue weighted by Gasteiger charge is 2.20. The molecule has 2 aromatic carbocycles. The van der Waals surface area contributed by atoms with Crippen molar-refractivity contribution in [3.63, 3.8) is 0 Å². The Bertz CT molecular complexity index is 978. The number of methoxy groups -OCH3 is 1. The summed E-state index contributed by atoms with van der Waals surface area (Å²) in [6, 6.07) is 11.8. The number of benzene rings is 2. The summed E-state index contributed by atoms with van der Waals surface area (Å²) in [5.74, 6) is 2.42. The molecule has 0 atom stereocenters. The zero-order chi connectivity index (χ0) is 20.4. The number of nitrogens with zero attached hydrogens (tertiary/aromatic N) is 3. The number of anilines is 1. The molecule has 2 heterocycles. The molecule has 3 aromatic rings. The standard InChI is InChI=1S/C20H20Cl2N4OS2/c1-27-14-4-2-13(3-5-14)25-6-8-26(9-7-25)20(28)29-12-19-23-17-10-15(21)16(22)11-18(17)24-19/h2-5,10-11H,6-9,12H2,1H3,(H,23,24). The number of nitrogens with one attached hydrogen (secondary N) is 1. The maximum Gasteiger partial charge on any atom is 0.136 e. The van der Waals surface area contributed by atoms with Crippen LogP contribution < -0.4 is 9.64 Å². The number of aromatic nitrogens is 2. The maximum absolute atomic E-state index is 6.07. The van der Waals surface area contributed by atoms with E-state index in [9.17, 15) is 0 Å². The van der Waals surface area contributed by atoms with Gasteiger partial charge in [-0.3, -0.25) is 0 Å². The van der Waals surface area contributed by atoms with E-state index in [-0.39, 0.29) is 0 Å². The monoisotopic (exact) mass is 466 g/mol. The number of hydrogen-bond donors (Lipinski definition) is 1.